The van der Waals surface area contributed by atoms with Gasteiger partial charge in [0.15, 0.2) is 0 Å². The second-order valence-corrected chi connectivity index (χ2v) is 5.62. The molecule has 3 nitrogen and oxygen atoms in total. The van der Waals surface area contributed by atoms with Gasteiger partial charge in [0.05, 0.1) is 5.69 Å². The number of rotatable bonds is 4. The van der Waals surface area contributed by atoms with Crippen molar-refractivity contribution >= 4 is 11.6 Å². The standard InChI is InChI=1S/C16H22N2O/c1-17-8-2-4-12-10-13-5-3-9-18-15(19)7-6-14(11-12)16(13)18/h10-11,17H,2-9H2,1H3. The minimum Gasteiger partial charge on any atom is -0.320 e. The molecule has 0 radical (unpaired) electrons. The minimum absolute atomic E-state index is 0.316. The van der Waals surface area contributed by atoms with Gasteiger partial charge in [-0.25, -0.2) is 0 Å². The molecule has 0 bridgehead atoms. The zero-order valence-electron chi connectivity index (χ0n) is 11.7. The maximum Gasteiger partial charge on any atom is 0.227 e. The van der Waals surface area contributed by atoms with Gasteiger partial charge < -0.3 is 10.2 Å². The molecule has 3 rings (SSSR count). The second-order valence-electron chi connectivity index (χ2n) is 5.62. The topological polar surface area (TPSA) is 32.3 Å². The molecule has 102 valence electrons. The molecular weight excluding hydrogens is 236 g/mol. The summed E-state index contributed by atoms with van der Waals surface area (Å²) in [6.07, 6.45) is 6.17. The van der Waals surface area contributed by atoms with Gasteiger partial charge in [-0.2, -0.15) is 0 Å². The number of nitrogens with zero attached hydrogens (tertiary/aromatic N) is 1. The average Bonchev–Trinajstić information content (AvgIpc) is 2.43. The van der Waals surface area contributed by atoms with Crippen LogP contribution in [0.2, 0.25) is 0 Å². The molecule has 19 heavy (non-hydrogen) atoms. The number of amides is 1. The maximum atomic E-state index is 12.0. The van der Waals surface area contributed by atoms with Crippen molar-refractivity contribution in [3.05, 3.63) is 28.8 Å². The highest BCUT2D eigenvalue weighted by Crippen LogP contribution is 2.36. The highest BCUT2D eigenvalue weighted by molar-refractivity contribution is 5.97. The lowest BCUT2D eigenvalue weighted by atomic mass is 9.89. The maximum absolute atomic E-state index is 12.0. The summed E-state index contributed by atoms with van der Waals surface area (Å²) < 4.78 is 0. The van der Waals surface area contributed by atoms with Crippen LogP contribution in [0, 0.1) is 0 Å². The lowest BCUT2D eigenvalue weighted by molar-refractivity contribution is -0.119. The molecule has 0 spiro atoms. The van der Waals surface area contributed by atoms with Crippen LogP contribution < -0.4 is 10.2 Å². The van der Waals surface area contributed by atoms with Crippen LogP contribution >= 0.6 is 0 Å². The first kappa shape index (κ1) is 12.7. The molecule has 3 heteroatoms. The van der Waals surface area contributed by atoms with Crippen molar-refractivity contribution < 1.29 is 4.79 Å². The number of aryl methyl sites for hydroxylation is 3. The Hall–Kier alpha value is -1.35. The monoisotopic (exact) mass is 258 g/mol. The Morgan fingerprint density at radius 1 is 1.21 bits per heavy atom. The van der Waals surface area contributed by atoms with E-state index in [0.29, 0.717) is 12.3 Å². The molecule has 2 aliphatic heterocycles. The first-order valence-electron chi connectivity index (χ1n) is 7.39. The van der Waals surface area contributed by atoms with Gasteiger partial charge in [-0.3, -0.25) is 4.79 Å². The Morgan fingerprint density at radius 2 is 2.00 bits per heavy atom. The number of anilines is 1. The first-order valence-corrected chi connectivity index (χ1v) is 7.39. The van der Waals surface area contributed by atoms with Gasteiger partial charge in [-0.1, -0.05) is 12.1 Å². The molecule has 0 saturated carbocycles. The fraction of sp³-hybridized carbons (Fsp3) is 0.562. The molecule has 2 heterocycles. The van der Waals surface area contributed by atoms with Gasteiger partial charge in [-0.15, -0.1) is 0 Å². The lowest BCUT2D eigenvalue weighted by Gasteiger charge is -2.35. The fourth-order valence-electron chi connectivity index (χ4n) is 3.34. The molecule has 0 saturated heterocycles. The van der Waals surface area contributed by atoms with Crippen molar-refractivity contribution in [3.63, 3.8) is 0 Å². The Balaban J connectivity index is 1.90. The number of hydrogen-bond donors (Lipinski definition) is 1. The van der Waals surface area contributed by atoms with Crippen molar-refractivity contribution in [1.29, 1.82) is 0 Å². The van der Waals surface area contributed by atoms with E-state index in [1.165, 1.54) is 28.8 Å². The van der Waals surface area contributed by atoms with Gasteiger partial charge in [0.2, 0.25) is 5.91 Å². The van der Waals surface area contributed by atoms with E-state index >= 15 is 0 Å². The van der Waals surface area contributed by atoms with Crippen molar-refractivity contribution in [2.75, 3.05) is 25.0 Å². The molecule has 1 N–H and O–H groups in total. The number of carbonyl (C=O) groups is 1. The van der Waals surface area contributed by atoms with Gasteiger partial charge in [-0.05, 0) is 62.4 Å². The highest BCUT2D eigenvalue weighted by atomic mass is 16.2. The predicted molar refractivity (Wildman–Crippen MR) is 77.7 cm³/mol. The molecule has 0 aliphatic carbocycles. The third-order valence-corrected chi connectivity index (χ3v) is 4.23. The Labute approximate surface area is 115 Å². The molecule has 1 amide bonds. The van der Waals surface area contributed by atoms with Crippen molar-refractivity contribution in [2.45, 2.75) is 38.5 Å². The first-order chi connectivity index (χ1) is 9.29. The van der Waals surface area contributed by atoms with Crippen LogP contribution in [0.25, 0.3) is 0 Å². The van der Waals surface area contributed by atoms with Gasteiger partial charge in [0.1, 0.15) is 0 Å². The van der Waals surface area contributed by atoms with E-state index in [4.69, 9.17) is 0 Å². The molecule has 1 aromatic carbocycles. The van der Waals surface area contributed by atoms with Crippen molar-refractivity contribution in [3.8, 4) is 0 Å². The minimum atomic E-state index is 0.316. The zero-order valence-corrected chi connectivity index (χ0v) is 11.7. The quantitative estimate of drug-likeness (QED) is 0.839. The molecule has 2 aliphatic rings. The molecular formula is C16H22N2O. The van der Waals surface area contributed by atoms with Crippen LogP contribution in [0.4, 0.5) is 5.69 Å². The van der Waals surface area contributed by atoms with E-state index in [0.717, 1.165) is 38.8 Å². The van der Waals surface area contributed by atoms with E-state index < -0.39 is 0 Å². The van der Waals surface area contributed by atoms with Crippen LogP contribution in [0.1, 0.15) is 36.0 Å². The summed E-state index contributed by atoms with van der Waals surface area (Å²) in [6, 6.07) is 4.67. The van der Waals surface area contributed by atoms with E-state index in [1.807, 2.05) is 11.9 Å². The van der Waals surface area contributed by atoms with E-state index in [2.05, 4.69) is 17.4 Å². The number of hydrogen-bond acceptors (Lipinski definition) is 2. The van der Waals surface area contributed by atoms with E-state index in [1.54, 1.807) is 0 Å². The molecule has 0 atom stereocenters. The number of benzene rings is 1. The van der Waals surface area contributed by atoms with Gasteiger partial charge in [0.25, 0.3) is 0 Å². The SMILES string of the molecule is CNCCCc1cc2c3c(c1)CCC(=O)N3CCC2. The van der Waals surface area contributed by atoms with Crippen LogP contribution in [0.3, 0.4) is 0 Å². The molecule has 0 fully saturated rings. The third kappa shape index (κ3) is 2.39. The second kappa shape index (κ2) is 5.33. The normalized spacial score (nSPS) is 17.5. The summed E-state index contributed by atoms with van der Waals surface area (Å²) in [6.45, 7) is 1.98. The van der Waals surface area contributed by atoms with Crippen LogP contribution in [-0.2, 0) is 24.1 Å². The smallest absolute Gasteiger partial charge is 0.227 e. The number of carbonyl (C=O) groups excluding carboxylic acids is 1. The summed E-state index contributed by atoms with van der Waals surface area (Å²) in [5, 5.41) is 3.20. The Morgan fingerprint density at radius 3 is 2.79 bits per heavy atom. The van der Waals surface area contributed by atoms with Crippen molar-refractivity contribution in [2.24, 2.45) is 0 Å². The molecule has 1 aromatic rings. The third-order valence-electron chi connectivity index (χ3n) is 4.23. The fourth-order valence-corrected chi connectivity index (χ4v) is 3.34. The van der Waals surface area contributed by atoms with Crippen LogP contribution in [-0.4, -0.2) is 26.0 Å². The van der Waals surface area contributed by atoms with Crippen LogP contribution in [0.5, 0.6) is 0 Å². The highest BCUT2D eigenvalue weighted by Gasteiger charge is 2.29. The largest absolute Gasteiger partial charge is 0.320 e. The summed E-state index contributed by atoms with van der Waals surface area (Å²) in [5.41, 5.74) is 5.49. The summed E-state index contributed by atoms with van der Waals surface area (Å²) >= 11 is 0. The van der Waals surface area contributed by atoms with Gasteiger partial charge in [0, 0.05) is 13.0 Å². The lowest BCUT2D eigenvalue weighted by Crippen LogP contribution is -2.39. The summed E-state index contributed by atoms with van der Waals surface area (Å²) in [5.74, 6) is 0.316. The van der Waals surface area contributed by atoms with E-state index in [-0.39, 0.29) is 0 Å². The van der Waals surface area contributed by atoms with Crippen molar-refractivity contribution in [1.82, 2.24) is 5.32 Å². The number of nitrogens with one attached hydrogen (secondary N) is 1. The van der Waals surface area contributed by atoms with Gasteiger partial charge >= 0.3 is 0 Å². The Kier molecular flexibility index (Phi) is 3.56. The van der Waals surface area contributed by atoms with Crippen LogP contribution in [0.15, 0.2) is 12.1 Å². The predicted octanol–water partition coefficient (Wildman–Crippen LogP) is 2.06. The summed E-state index contributed by atoms with van der Waals surface area (Å²) in [7, 11) is 2.00. The zero-order chi connectivity index (χ0) is 13.2. The Bertz CT molecular complexity index is 479. The molecule has 0 aromatic heterocycles. The summed E-state index contributed by atoms with van der Waals surface area (Å²) in [4.78, 5) is 14.0. The molecule has 0 unspecified atom stereocenters. The average molecular weight is 258 g/mol. The van der Waals surface area contributed by atoms with E-state index in [9.17, 15) is 4.79 Å².